The highest BCUT2D eigenvalue weighted by atomic mass is 16.5. The highest BCUT2D eigenvalue weighted by Crippen LogP contribution is 2.28. The second kappa shape index (κ2) is 12.7. The van der Waals surface area contributed by atoms with Crippen LogP contribution in [0.25, 0.3) is 22.3 Å². The Hall–Kier alpha value is -4.78. The van der Waals surface area contributed by atoms with Crippen molar-refractivity contribution in [1.82, 2.24) is 5.32 Å². The van der Waals surface area contributed by atoms with Crippen LogP contribution in [-0.2, 0) is 4.65 Å². The fourth-order valence-corrected chi connectivity index (χ4v) is 5.08. The lowest BCUT2D eigenvalue weighted by atomic mass is 9.82. The van der Waals surface area contributed by atoms with E-state index in [9.17, 15) is 5.11 Å². The monoisotopic (exact) mass is 591 g/mol. The van der Waals surface area contributed by atoms with Gasteiger partial charge in [-0.1, -0.05) is 127 Å². The van der Waals surface area contributed by atoms with Crippen molar-refractivity contribution in [1.29, 1.82) is 0 Å². The average molecular weight is 592 g/mol. The molecule has 1 heterocycles. The normalized spacial score (nSPS) is 15.1. The van der Waals surface area contributed by atoms with Gasteiger partial charge in [0.1, 0.15) is 12.0 Å². The van der Waals surface area contributed by atoms with E-state index in [1.165, 1.54) is 0 Å². The number of hydrogen-bond donors (Lipinski definition) is 2. The molecule has 6 rings (SSSR count). The van der Waals surface area contributed by atoms with E-state index in [0.717, 1.165) is 50.2 Å². The summed E-state index contributed by atoms with van der Waals surface area (Å²) in [7, 11) is 0.390. The van der Waals surface area contributed by atoms with Gasteiger partial charge in [-0.25, -0.2) is 9.98 Å². The second-order valence-electron chi connectivity index (χ2n) is 12.5. The fourth-order valence-electron chi connectivity index (χ4n) is 5.08. The van der Waals surface area contributed by atoms with Crippen molar-refractivity contribution in [3.05, 3.63) is 150 Å². The van der Waals surface area contributed by atoms with Crippen molar-refractivity contribution < 1.29 is 9.76 Å². The molecule has 0 bridgehead atoms. The number of nitrogens with zero attached hydrogens (tertiary/aromatic N) is 2. The minimum Gasteiger partial charge on any atom is -0.427 e. The summed E-state index contributed by atoms with van der Waals surface area (Å²) in [6.45, 7) is 7.34. The molecular weight excluding hydrogens is 553 g/mol. The van der Waals surface area contributed by atoms with Crippen molar-refractivity contribution >= 4 is 24.6 Å². The number of hydrogen-bond acceptors (Lipinski definition) is 5. The van der Waals surface area contributed by atoms with Crippen LogP contribution in [0.1, 0.15) is 50.6 Å². The third-order valence-corrected chi connectivity index (χ3v) is 8.58. The van der Waals surface area contributed by atoms with Gasteiger partial charge in [0.2, 0.25) is 0 Å². The molecule has 1 aliphatic heterocycles. The van der Waals surface area contributed by atoms with Gasteiger partial charge in [-0.15, -0.1) is 0 Å². The first kappa shape index (κ1) is 30.3. The van der Waals surface area contributed by atoms with Crippen LogP contribution >= 0.6 is 0 Å². The molecule has 0 aromatic heterocycles. The van der Waals surface area contributed by atoms with Crippen molar-refractivity contribution in [2.24, 2.45) is 9.98 Å². The Balaban J connectivity index is 1.34. The van der Waals surface area contributed by atoms with Gasteiger partial charge < -0.3 is 15.1 Å². The summed E-state index contributed by atoms with van der Waals surface area (Å²) >= 11 is 0. The predicted molar refractivity (Wildman–Crippen MR) is 187 cm³/mol. The minimum absolute atomic E-state index is 0.327. The van der Waals surface area contributed by atoms with E-state index in [-0.39, 0.29) is 6.17 Å². The van der Waals surface area contributed by atoms with Gasteiger partial charge in [0, 0.05) is 11.1 Å². The second-order valence-corrected chi connectivity index (χ2v) is 12.5. The zero-order valence-electron chi connectivity index (χ0n) is 26.2. The van der Waals surface area contributed by atoms with E-state index in [1.54, 1.807) is 13.8 Å². The summed E-state index contributed by atoms with van der Waals surface area (Å²) in [4.78, 5) is 10.2. The molecule has 0 amide bonds. The summed E-state index contributed by atoms with van der Waals surface area (Å²) < 4.78 is 6.09. The molecule has 0 fully saturated rings. The molecule has 6 heteroatoms. The molecule has 0 radical (unpaired) electrons. The number of benzene rings is 5. The summed E-state index contributed by atoms with van der Waals surface area (Å²) in [5, 5.41) is 14.1. The first-order chi connectivity index (χ1) is 21.7. The lowest BCUT2D eigenvalue weighted by Gasteiger charge is -2.37. The molecule has 5 aromatic rings. The maximum atomic E-state index is 10.5. The smallest absolute Gasteiger partial charge is 0.309 e. The van der Waals surface area contributed by atoms with Crippen molar-refractivity contribution in [3.8, 4) is 22.3 Å². The lowest BCUT2D eigenvalue weighted by molar-refractivity contribution is -0.0893. The number of aliphatic imine (C=N–C) groups is 2. The summed E-state index contributed by atoms with van der Waals surface area (Å²) in [5.41, 5.74) is 6.90. The summed E-state index contributed by atoms with van der Waals surface area (Å²) in [5.74, 6) is 1.43. The molecule has 0 saturated heterocycles. The molecule has 5 aromatic carbocycles. The first-order valence-corrected chi connectivity index (χ1v) is 15.4. The molecule has 0 aliphatic carbocycles. The minimum atomic E-state index is -0.966. The zero-order valence-corrected chi connectivity index (χ0v) is 26.2. The Bertz CT molecular complexity index is 1830. The third kappa shape index (κ3) is 6.98. The lowest BCUT2D eigenvalue weighted by Crippen LogP contribution is -2.49. The summed E-state index contributed by atoms with van der Waals surface area (Å²) in [6.07, 6.45) is -0.327. The molecule has 2 N–H and O–H groups in total. The molecule has 1 aliphatic rings. The molecule has 0 saturated carbocycles. The Morgan fingerprint density at radius 1 is 0.622 bits per heavy atom. The van der Waals surface area contributed by atoms with Gasteiger partial charge >= 0.3 is 7.48 Å². The fraction of sp³-hybridized carbons (Fsp3) is 0.179. The SMILES string of the molecule is CC(C)(O)C(C)(C)OBc1ccc(C2=NC(c3cccc(-c4ccccc4)c3)NC(c3cccc(-c4ccccc4)c3)=N2)cc1. The van der Waals surface area contributed by atoms with Crippen LogP contribution in [0, 0.1) is 0 Å². The van der Waals surface area contributed by atoms with Gasteiger partial charge in [-0.2, -0.15) is 0 Å². The van der Waals surface area contributed by atoms with Crippen molar-refractivity contribution in [2.45, 2.75) is 45.1 Å². The number of aliphatic hydroxyl groups is 1. The summed E-state index contributed by atoms with van der Waals surface area (Å²) in [6, 6.07) is 45.9. The Labute approximate surface area is 266 Å². The van der Waals surface area contributed by atoms with Crippen LogP contribution in [0.3, 0.4) is 0 Å². The third-order valence-electron chi connectivity index (χ3n) is 8.58. The molecule has 5 nitrogen and oxygen atoms in total. The molecule has 45 heavy (non-hydrogen) atoms. The topological polar surface area (TPSA) is 66.2 Å². The first-order valence-electron chi connectivity index (χ1n) is 15.4. The Morgan fingerprint density at radius 2 is 1.18 bits per heavy atom. The maximum absolute atomic E-state index is 10.5. The van der Waals surface area contributed by atoms with Crippen LogP contribution < -0.4 is 10.8 Å². The van der Waals surface area contributed by atoms with Crippen LogP contribution in [0.5, 0.6) is 0 Å². The maximum Gasteiger partial charge on any atom is 0.309 e. The molecule has 0 spiro atoms. The highest BCUT2D eigenvalue weighted by molar-refractivity contribution is 6.47. The quantitative estimate of drug-likeness (QED) is 0.181. The largest absolute Gasteiger partial charge is 0.427 e. The van der Waals surface area contributed by atoms with Crippen molar-refractivity contribution in [3.63, 3.8) is 0 Å². The van der Waals surface area contributed by atoms with Gasteiger partial charge in [0.15, 0.2) is 5.84 Å². The van der Waals surface area contributed by atoms with Gasteiger partial charge in [-0.3, -0.25) is 0 Å². The van der Waals surface area contributed by atoms with E-state index in [1.807, 2.05) is 50.2 Å². The van der Waals surface area contributed by atoms with E-state index in [2.05, 4.69) is 102 Å². The standard InChI is InChI=1S/C39H38BN3O2/c1-38(2,44)39(3,4)45-40-34-23-21-29(22-24-34)35-41-36(32-19-11-17-30(25-32)27-13-7-5-8-14-27)43-37(42-35)33-20-12-18-31(26-33)28-15-9-6-10-16-28/h5-26,36,40,44H,1-4H3,(H,41,42,43). The average Bonchev–Trinajstić information content (AvgIpc) is 3.08. The van der Waals surface area contributed by atoms with Crippen LogP contribution in [0.4, 0.5) is 0 Å². The molecular formula is C39H38BN3O2. The van der Waals surface area contributed by atoms with Crippen LogP contribution in [0.2, 0.25) is 0 Å². The van der Waals surface area contributed by atoms with Gasteiger partial charge in [0.25, 0.3) is 0 Å². The highest BCUT2D eigenvalue weighted by Gasteiger charge is 2.35. The van der Waals surface area contributed by atoms with E-state index in [0.29, 0.717) is 13.3 Å². The number of nitrogens with one attached hydrogen (secondary N) is 1. The molecule has 1 unspecified atom stereocenters. The van der Waals surface area contributed by atoms with E-state index in [4.69, 9.17) is 14.6 Å². The van der Waals surface area contributed by atoms with E-state index >= 15 is 0 Å². The Morgan fingerprint density at radius 3 is 1.80 bits per heavy atom. The van der Waals surface area contributed by atoms with Crippen LogP contribution in [-0.4, -0.2) is 35.5 Å². The van der Waals surface area contributed by atoms with Gasteiger partial charge in [0.05, 0.1) is 11.2 Å². The molecule has 224 valence electrons. The Kier molecular flexibility index (Phi) is 8.53. The van der Waals surface area contributed by atoms with Crippen molar-refractivity contribution in [2.75, 3.05) is 0 Å². The number of rotatable bonds is 9. The van der Waals surface area contributed by atoms with Crippen LogP contribution in [0.15, 0.2) is 143 Å². The van der Waals surface area contributed by atoms with Gasteiger partial charge in [-0.05, 0) is 67.6 Å². The zero-order chi connectivity index (χ0) is 31.4. The predicted octanol–water partition coefficient (Wildman–Crippen LogP) is 7.06. The number of amidine groups is 2. The molecule has 1 atom stereocenters. The van der Waals surface area contributed by atoms with E-state index < -0.39 is 11.2 Å².